The molecule has 0 spiro atoms. The van der Waals surface area contributed by atoms with Gasteiger partial charge in [-0.1, -0.05) is 48.0 Å². The van der Waals surface area contributed by atoms with Gasteiger partial charge in [0, 0.05) is 6.54 Å². The Hall–Kier alpha value is -1.91. The first-order valence-corrected chi connectivity index (χ1v) is 6.18. The highest BCUT2D eigenvalue weighted by atomic mass is 35.5. The molecule has 0 aliphatic rings. The molecule has 1 heterocycles. The van der Waals surface area contributed by atoms with Crippen LogP contribution < -0.4 is 5.32 Å². The van der Waals surface area contributed by atoms with E-state index in [4.69, 9.17) is 11.6 Å². The summed E-state index contributed by atoms with van der Waals surface area (Å²) >= 11 is 5.71. The van der Waals surface area contributed by atoms with Crippen molar-refractivity contribution in [3.8, 4) is 0 Å². The van der Waals surface area contributed by atoms with Crippen molar-refractivity contribution in [2.24, 2.45) is 0 Å². The van der Waals surface area contributed by atoms with Gasteiger partial charge in [0.25, 0.3) is 5.91 Å². The Labute approximate surface area is 116 Å². The van der Waals surface area contributed by atoms with Crippen LogP contribution in [0.1, 0.15) is 22.2 Å². The first-order valence-electron chi connectivity index (χ1n) is 5.80. The van der Waals surface area contributed by atoms with Crippen LogP contribution in [0.5, 0.6) is 0 Å². The van der Waals surface area contributed by atoms with Crippen LogP contribution >= 0.6 is 11.6 Å². The van der Waals surface area contributed by atoms with Gasteiger partial charge in [-0.2, -0.15) is 0 Å². The number of amides is 1. The highest BCUT2D eigenvalue weighted by molar-refractivity contribution is 6.29. The van der Waals surface area contributed by atoms with Crippen LogP contribution in [0.2, 0.25) is 5.15 Å². The van der Waals surface area contributed by atoms with E-state index in [0.717, 1.165) is 5.56 Å². The van der Waals surface area contributed by atoms with E-state index in [1.54, 1.807) is 30.3 Å². The molecule has 1 atom stereocenters. The number of halogens is 1. The maximum absolute atomic E-state index is 11.8. The molecule has 2 rings (SSSR count). The molecule has 0 bridgehead atoms. The largest absolute Gasteiger partial charge is 0.387 e. The monoisotopic (exact) mass is 276 g/mol. The summed E-state index contributed by atoms with van der Waals surface area (Å²) in [5, 5.41) is 12.8. The van der Waals surface area contributed by atoms with Crippen LogP contribution in [-0.2, 0) is 0 Å². The number of carbonyl (C=O) groups is 1. The van der Waals surface area contributed by atoms with E-state index in [1.165, 1.54) is 0 Å². The number of hydrogen-bond acceptors (Lipinski definition) is 3. The Morgan fingerprint density at radius 3 is 2.63 bits per heavy atom. The minimum Gasteiger partial charge on any atom is -0.387 e. The van der Waals surface area contributed by atoms with Crippen LogP contribution in [-0.4, -0.2) is 22.5 Å². The Bertz CT molecular complexity index is 560. The number of aromatic nitrogens is 1. The summed E-state index contributed by atoms with van der Waals surface area (Å²) < 4.78 is 0. The number of nitrogens with zero attached hydrogens (tertiary/aromatic N) is 1. The quantitative estimate of drug-likeness (QED) is 0.842. The van der Waals surface area contributed by atoms with Crippen LogP contribution in [0.15, 0.2) is 48.5 Å². The summed E-state index contributed by atoms with van der Waals surface area (Å²) in [5.74, 6) is -0.363. The molecule has 1 amide bonds. The summed E-state index contributed by atoms with van der Waals surface area (Å²) in [7, 11) is 0. The van der Waals surface area contributed by atoms with Crippen molar-refractivity contribution in [2.75, 3.05) is 6.54 Å². The summed E-state index contributed by atoms with van der Waals surface area (Å²) in [5.41, 5.74) is 0.981. The predicted octanol–water partition coefficient (Wildman–Crippen LogP) is 2.20. The summed E-state index contributed by atoms with van der Waals surface area (Å²) in [6, 6.07) is 13.9. The smallest absolute Gasteiger partial charge is 0.270 e. The zero-order valence-corrected chi connectivity index (χ0v) is 10.8. The first kappa shape index (κ1) is 13.5. The second-order valence-electron chi connectivity index (χ2n) is 3.98. The van der Waals surface area contributed by atoms with Crippen molar-refractivity contribution >= 4 is 17.5 Å². The number of nitrogens with one attached hydrogen (secondary N) is 1. The third-order valence-corrected chi connectivity index (χ3v) is 2.80. The molecule has 0 aliphatic heterocycles. The van der Waals surface area contributed by atoms with Crippen molar-refractivity contribution in [3.05, 3.63) is 64.9 Å². The van der Waals surface area contributed by atoms with E-state index < -0.39 is 6.10 Å². The van der Waals surface area contributed by atoms with Gasteiger partial charge in [-0.05, 0) is 17.7 Å². The zero-order chi connectivity index (χ0) is 13.7. The second-order valence-corrected chi connectivity index (χ2v) is 4.37. The molecule has 1 aromatic heterocycles. The topological polar surface area (TPSA) is 62.2 Å². The Morgan fingerprint density at radius 1 is 1.21 bits per heavy atom. The SMILES string of the molecule is O=C(NCC(O)c1ccccc1)c1cccc(Cl)n1. The van der Waals surface area contributed by atoms with Crippen molar-refractivity contribution < 1.29 is 9.90 Å². The molecule has 5 heteroatoms. The summed E-state index contributed by atoms with van der Waals surface area (Å²) in [6.45, 7) is 0.122. The lowest BCUT2D eigenvalue weighted by molar-refractivity contribution is 0.0911. The maximum atomic E-state index is 11.8. The minimum atomic E-state index is -0.746. The van der Waals surface area contributed by atoms with Gasteiger partial charge >= 0.3 is 0 Å². The fraction of sp³-hybridized carbons (Fsp3) is 0.143. The molecule has 19 heavy (non-hydrogen) atoms. The predicted molar refractivity (Wildman–Crippen MR) is 73.0 cm³/mol. The number of aliphatic hydroxyl groups excluding tert-OH is 1. The molecule has 2 N–H and O–H groups in total. The number of pyridine rings is 1. The molecular weight excluding hydrogens is 264 g/mol. The van der Waals surface area contributed by atoms with E-state index in [0.29, 0.717) is 0 Å². The van der Waals surface area contributed by atoms with Crippen molar-refractivity contribution in [2.45, 2.75) is 6.10 Å². The molecule has 0 saturated heterocycles. The van der Waals surface area contributed by atoms with Crippen molar-refractivity contribution in [3.63, 3.8) is 0 Å². The number of benzene rings is 1. The average Bonchev–Trinajstić information content (AvgIpc) is 2.45. The molecule has 98 valence electrons. The van der Waals surface area contributed by atoms with Crippen LogP contribution in [0.25, 0.3) is 0 Å². The molecule has 1 aromatic carbocycles. The van der Waals surface area contributed by atoms with Crippen LogP contribution in [0.3, 0.4) is 0 Å². The van der Waals surface area contributed by atoms with Crippen molar-refractivity contribution in [1.82, 2.24) is 10.3 Å². The average molecular weight is 277 g/mol. The highest BCUT2D eigenvalue weighted by Crippen LogP contribution is 2.11. The minimum absolute atomic E-state index is 0.122. The lowest BCUT2D eigenvalue weighted by atomic mass is 10.1. The lowest BCUT2D eigenvalue weighted by Gasteiger charge is -2.11. The number of aliphatic hydroxyl groups is 1. The number of carbonyl (C=O) groups excluding carboxylic acids is 1. The fourth-order valence-electron chi connectivity index (χ4n) is 1.61. The molecule has 1 unspecified atom stereocenters. The summed E-state index contributed by atoms with van der Waals surface area (Å²) in [4.78, 5) is 15.7. The molecule has 0 fully saturated rings. The first-order chi connectivity index (χ1) is 9.16. The van der Waals surface area contributed by atoms with Gasteiger partial charge in [0.1, 0.15) is 10.8 Å². The van der Waals surface area contributed by atoms with E-state index >= 15 is 0 Å². The van der Waals surface area contributed by atoms with E-state index in [-0.39, 0.29) is 23.3 Å². The molecule has 0 saturated carbocycles. The number of rotatable bonds is 4. The highest BCUT2D eigenvalue weighted by Gasteiger charge is 2.11. The number of hydrogen-bond donors (Lipinski definition) is 2. The van der Waals surface area contributed by atoms with Crippen molar-refractivity contribution in [1.29, 1.82) is 0 Å². The van der Waals surface area contributed by atoms with Gasteiger partial charge in [0.2, 0.25) is 0 Å². The maximum Gasteiger partial charge on any atom is 0.270 e. The Morgan fingerprint density at radius 2 is 1.95 bits per heavy atom. The normalized spacial score (nSPS) is 11.9. The van der Waals surface area contributed by atoms with Gasteiger partial charge in [0.15, 0.2) is 0 Å². The van der Waals surface area contributed by atoms with Gasteiger partial charge in [-0.15, -0.1) is 0 Å². The summed E-state index contributed by atoms with van der Waals surface area (Å²) in [6.07, 6.45) is -0.746. The standard InChI is InChI=1S/C14H13ClN2O2/c15-13-8-4-7-11(17-13)14(19)16-9-12(18)10-5-2-1-3-6-10/h1-8,12,18H,9H2,(H,16,19). The van der Waals surface area contributed by atoms with Gasteiger partial charge in [-0.25, -0.2) is 4.98 Å². The third kappa shape index (κ3) is 3.77. The molecule has 0 aliphatic carbocycles. The van der Waals surface area contributed by atoms with Gasteiger partial charge in [0.05, 0.1) is 6.10 Å². The van der Waals surface area contributed by atoms with Crippen LogP contribution in [0.4, 0.5) is 0 Å². The van der Waals surface area contributed by atoms with E-state index in [1.807, 2.05) is 18.2 Å². The van der Waals surface area contributed by atoms with E-state index in [2.05, 4.69) is 10.3 Å². The molecule has 4 nitrogen and oxygen atoms in total. The Kier molecular flexibility index (Phi) is 4.49. The van der Waals surface area contributed by atoms with Crippen LogP contribution in [0, 0.1) is 0 Å². The molecule has 2 aromatic rings. The Balaban J connectivity index is 1.94. The second kappa shape index (κ2) is 6.31. The van der Waals surface area contributed by atoms with Gasteiger partial charge in [-0.3, -0.25) is 4.79 Å². The third-order valence-electron chi connectivity index (χ3n) is 2.59. The fourth-order valence-corrected chi connectivity index (χ4v) is 1.77. The lowest BCUT2D eigenvalue weighted by Crippen LogP contribution is -2.29. The van der Waals surface area contributed by atoms with E-state index in [9.17, 15) is 9.90 Å². The van der Waals surface area contributed by atoms with Gasteiger partial charge < -0.3 is 10.4 Å². The molecular formula is C14H13ClN2O2. The molecule has 0 radical (unpaired) electrons. The zero-order valence-electron chi connectivity index (χ0n) is 10.1.